The molecule has 3 heteroatoms. The Hall–Kier alpha value is -0.900. The Morgan fingerprint density at radius 2 is 1.67 bits per heavy atom. The number of hydrogen-bond acceptors (Lipinski definition) is 3. The topological polar surface area (TPSA) is 49.5 Å². The van der Waals surface area contributed by atoms with Crippen molar-refractivity contribution in [1.29, 1.82) is 0 Å². The summed E-state index contributed by atoms with van der Waals surface area (Å²) >= 11 is 0. The first kappa shape index (κ1) is 15.2. The van der Waals surface area contributed by atoms with Gasteiger partial charge in [-0.05, 0) is 18.0 Å². The maximum atomic E-state index is 10.7. The van der Waals surface area contributed by atoms with Gasteiger partial charge in [0.1, 0.15) is 5.60 Å². The highest BCUT2D eigenvalue weighted by Crippen LogP contribution is 2.22. The Morgan fingerprint density at radius 3 is 2.11 bits per heavy atom. The van der Waals surface area contributed by atoms with Crippen LogP contribution < -0.4 is 5.73 Å². The lowest BCUT2D eigenvalue weighted by Crippen LogP contribution is -2.46. The van der Waals surface area contributed by atoms with E-state index < -0.39 is 5.60 Å². The lowest BCUT2D eigenvalue weighted by atomic mass is 9.91. The van der Waals surface area contributed by atoms with Gasteiger partial charge in [-0.1, -0.05) is 51.1 Å². The fraction of sp³-hybridized carbons (Fsp3) is 0.600. The molecule has 0 saturated heterocycles. The van der Waals surface area contributed by atoms with Crippen LogP contribution in [0.4, 0.5) is 0 Å². The first-order valence-corrected chi connectivity index (χ1v) is 6.43. The zero-order valence-corrected chi connectivity index (χ0v) is 12.0. The summed E-state index contributed by atoms with van der Waals surface area (Å²) in [7, 11) is 2.02. The minimum Gasteiger partial charge on any atom is -0.382 e. The van der Waals surface area contributed by atoms with Gasteiger partial charge in [0.2, 0.25) is 0 Å². The summed E-state index contributed by atoms with van der Waals surface area (Å²) < 4.78 is 0. The first-order valence-electron chi connectivity index (χ1n) is 6.43. The molecule has 1 aromatic rings. The second kappa shape index (κ2) is 5.83. The van der Waals surface area contributed by atoms with Gasteiger partial charge >= 0.3 is 0 Å². The molecule has 0 amide bonds. The summed E-state index contributed by atoms with van der Waals surface area (Å²) in [6.45, 7) is 8.26. The molecule has 0 radical (unpaired) electrons. The summed E-state index contributed by atoms with van der Waals surface area (Å²) in [4.78, 5) is 2.14. The molecule has 3 nitrogen and oxygen atoms in total. The molecule has 0 aromatic heterocycles. The highest BCUT2D eigenvalue weighted by atomic mass is 16.3. The fourth-order valence-corrected chi connectivity index (χ4v) is 2.33. The monoisotopic (exact) mass is 250 g/mol. The molecule has 0 aliphatic carbocycles. The van der Waals surface area contributed by atoms with Gasteiger partial charge in [0.15, 0.2) is 0 Å². The largest absolute Gasteiger partial charge is 0.382 e. The average Bonchev–Trinajstić information content (AvgIpc) is 2.27. The van der Waals surface area contributed by atoms with Crippen molar-refractivity contribution in [3.05, 3.63) is 35.9 Å². The van der Waals surface area contributed by atoms with Crippen LogP contribution in [0, 0.1) is 5.41 Å². The fourth-order valence-electron chi connectivity index (χ4n) is 2.33. The molecule has 0 spiro atoms. The van der Waals surface area contributed by atoms with E-state index in [9.17, 15) is 5.11 Å². The summed E-state index contributed by atoms with van der Waals surface area (Å²) in [5.41, 5.74) is 5.90. The van der Waals surface area contributed by atoms with Crippen molar-refractivity contribution in [3.8, 4) is 0 Å². The van der Waals surface area contributed by atoms with Crippen LogP contribution in [0.25, 0.3) is 0 Å². The van der Waals surface area contributed by atoms with Crippen LogP contribution in [0.3, 0.4) is 0 Å². The van der Waals surface area contributed by atoms with Crippen molar-refractivity contribution in [3.63, 3.8) is 0 Å². The van der Waals surface area contributed by atoms with Crippen LogP contribution in [0.5, 0.6) is 0 Å². The highest BCUT2D eigenvalue weighted by molar-refractivity contribution is 5.23. The summed E-state index contributed by atoms with van der Waals surface area (Å²) in [5, 5.41) is 10.7. The number of nitrogens with two attached hydrogens (primary N) is 1. The number of rotatable bonds is 5. The zero-order chi connectivity index (χ0) is 13.8. The normalized spacial score (nSPS) is 15.7. The molecule has 1 aromatic carbocycles. The second-order valence-corrected chi connectivity index (χ2v) is 6.33. The summed E-state index contributed by atoms with van der Waals surface area (Å²) in [5.74, 6) is 0. The van der Waals surface area contributed by atoms with E-state index in [0.717, 1.165) is 12.1 Å². The Balaban J connectivity index is 2.78. The van der Waals surface area contributed by atoms with Crippen LogP contribution in [0.1, 0.15) is 26.3 Å². The standard InChI is InChI=1S/C15H26N2O/c1-14(2,3)11-17(4)12-15(18,10-16)13-8-6-5-7-9-13/h5-9,18H,10-12,16H2,1-4H3. The van der Waals surface area contributed by atoms with Gasteiger partial charge in [0.25, 0.3) is 0 Å². The molecule has 102 valence electrons. The second-order valence-electron chi connectivity index (χ2n) is 6.33. The molecule has 1 rings (SSSR count). The van der Waals surface area contributed by atoms with Gasteiger partial charge in [0, 0.05) is 19.6 Å². The Kier molecular flexibility index (Phi) is 4.91. The van der Waals surface area contributed by atoms with E-state index in [0.29, 0.717) is 6.54 Å². The molecule has 0 heterocycles. The minimum absolute atomic E-state index is 0.209. The van der Waals surface area contributed by atoms with E-state index in [1.807, 2.05) is 37.4 Å². The Bertz CT molecular complexity index is 359. The molecule has 1 unspecified atom stereocenters. The van der Waals surface area contributed by atoms with Crippen LogP contribution in [-0.2, 0) is 5.60 Å². The molecule has 3 N–H and O–H groups in total. The van der Waals surface area contributed by atoms with Crippen molar-refractivity contribution < 1.29 is 5.11 Å². The van der Waals surface area contributed by atoms with E-state index in [1.165, 1.54) is 0 Å². The first-order chi connectivity index (χ1) is 8.27. The molecule has 0 aliphatic rings. The van der Waals surface area contributed by atoms with Crippen LogP contribution in [0.2, 0.25) is 0 Å². The molecule has 0 fully saturated rings. The van der Waals surface area contributed by atoms with E-state index in [1.54, 1.807) is 0 Å². The third-order valence-corrected chi connectivity index (χ3v) is 2.92. The Labute approximate surface area is 111 Å². The van der Waals surface area contributed by atoms with Crippen LogP contribution in [0.15, 0.2) is 30.3 Å². The lowest BCUT2D eigenvalue weighted by Gasteiger charge is -2.34. The minimum atomic E-state index is -0.971. The third-order valence-electron chi connectivity index (χ3n) is 2.92. The molecular weight excluding hydrogens is 224 g/mol. The van der Waals surface area contributed by atoms with Crippen molar-refractivity contribution in [2.45, 2.75) is 26.4 Å². The van der Waals surface area contributed by atoms with E-state index in [-0.39, 0.29) is 12.0 Å². The highest BCUT2D eigenvalue weighted by Gasteiger charge is 2.30. The smallest absolute Gasteiger partial charge is 0.114 e. The number of aliphatic hydroxyl groups is 1. The van der Waals surface area contributed by atoms with Gasteiger partial charge in [0.05, 0.1) is 0 Å². The van der Waals surface area contributed by atoms with E-state index >= 15 is 0 Å². The van der Waals surface area contributed by atoms with Crippen LogP contribution in [-0.4, -0.2) is 36.7 Å². The summed E-state index contributed by atoms with van der Waals surface area (Å²) in [6.07, 6.45) is 0. The lowest BCUT2D eigenvalue weighted by molar-refractivity contribution is 0.00679. The van der Waals surface area contributed by atoms with Gasteiger partial charge in [-0.15, -0.1) is 0 Å². The van der Waals surface area contributed by atoms with E-state index in [4.69, 9.17) is 5.73 Å². The van der Waals surface area contributed by atoms with Crippen molar-refractivity contribution in [2.24, 2.45) is 11.1 Å². The van der Waals surface area contributed by atoms with Gasteiger partial charge in [-0.25, -0.2) is 0 Å². The van der Waals surface area contributed by atoms with Crippen LogP contribution >= 0.6 is 0 Å². The van der Waals surface area contributed by atoms with E-state index in [2.05, 4.69) is 25.7 Å². The van der Waals surface area contributed by atoms with Crippen molar-refractivity contribution >= 4 is 0 Å². The predicted octanol–water partition coefficient (Wildman–Crippen LogP) is 1.81. The molecule has 0 saturated carbocycles. The zero-order valence-electron chi connectivity index (χ0n) is 12.0. The number of benzene rings is 1. The molecule has 0 bridgehead atoms. The van der Waals surface area contributed by atoms with Crippen molar-refractivity contribution in [2.75, 3.05) is 26.7 Å². The molecular formula is C15H26N2O. The van der Waals surface area contributed by atoms with Gasteiger partial charge in [-0.3, -0.25) is 0 Å². The number of likely N-dealkylation sites (N-methyl/N-ethyl adjacent to an activating group) is 1. The number of nitrogens with zero attached hydrogens (tertiary/aromatic N) is 1. The SMILES string of the molecule is CN(CC(C)(C)C)CC(O)(CN)c1ccccc1. The third kappa shape index (κ3) is 4.41. The van der Waals surface area contributed by atoms with Gasteiger partial charge < -0.3 is 15.7 Å². The average molecular weight is 250 g/mol. The van der Waals surface area contributed by atoms with Crippen molar-refractivity contribution in [1.82, 2.24) is 4.90 Å². The quantitative estimate of drug-likeness (QED) is 0.838. The Morgan fingerprint density at radius 1 is 1.11 bits per heavy atom. The summed E-state index contributed by atoms with van der Waals surface area (Å²) in [6, 6.07) is 9.66. The maximum absolute atomic E-state index is 10.7. The molecule has 1 atom stereocenters. The molecule has 0 aliphatic heterocycles. The maximum Gasteiger partial charge on any atom is 0.114 e. The predicted molar refractivity (Wildman–Crippen MR) is 76.3 cm³/mol. The number of hydrogen-bond donors (Lipinski definition) is 2. The molecule has 18 heavy (non-hydrogen) atoms. The van der Waals surface area contributed by atoms with Gasteiger partial charge in [-0.2, -0.15) is 0 Å².